The summed E-state index contributed by atoms with van der Waals surface area (Å²) >= 11 is 0. The van der Waals surface area contributed by atoms with E-state index in [4.69, 9.17) is 10.5 Å². The van der Waals surface area contributed by atoms with Gasteiger partial charge in [-0.25, -0.2) is 8.78 Å². The molecule has 4 N–H and O–H groups in total. The van der Waals surface area contributed by atoms with Gasteiger partial charge in [-0.05, 0) is 37.2 Å². The molecule has 0 radical (unpaired) electrons. The highest BCUT2D eigenvalue weighted by Gasteiger charge is 2.24. The Hall–Kier alpha value is -2.74. The molecule has 2 atom stereocenters. The molecule has 0 aromatic heterocycles. The number of carbonyl (C=O) groups excluding carboxylic acids is 2. The van der Waals surface area contributed by atoms with Crippen molar-refractivity contribution in [3.8, 4) is 5.75 Å². The lowest BCUT2D eigenvalue weighted by Gasteiger charge is -2.22. The maximum Gasteiger partial charge on any atom is 0.243 e. The van der Waals surface area contributed by atoms with E-state index in [1.807, 2.05) is 33.8 Å². The summed E-state index contributed by atoms with van der Waals surface area (Å²) in [6.45, 7) is 8.28. The first-order valence-electron chi connectivity index (χ1n) is 12.0. The van der Waals surface area contributed by atoms with Gasteiger partial charge in [0.25, 0.3) is 0 Å². The highest BCUT2D eigenvalue weighted by molar-refractivity contribution is 5.88. The van der Waals surface area contributed by atoms with Crippen molar-refractivity contribution >= 4 is 11.8 Å². The van der Waals surface area contributed by atoms with Crippen molar-refractivity contribution in [2.45, 2.75) is 71.9 Å². The van der Waals surface area contributed by atoms with Gasteiger partial charge in [0.05, 0.1) is 0 Å². The van der Waals surface area contributed by atoms with Crippen LogP contribution in [0.4, 0.5) is 8.78 Å². The molecule has 1 aliphatic carbocycles. The minimum atomic E-state index is -0.721. The topological polar surface area (TPSA) is 93.5 Å². The molecule has 1 aromatic rings. The van der Waals surface area contributed by atoms with Gasteiger partial charge in [0.15, 0.2) is 0 Å². The van der Waals surface area contributed by atoms with Gasteiger partial charge in [0.1, 0.15) is 30.0 Å². The van der Waals surface area contributed by atoms with Gasteiger partial charge in [-0.3, -0.25) is 9.59 Å². The summed E-state index contributed by atoms with van der Waals surface area (Å²) in [6.07, 6.45) is 9.37. The van der Waals surface area contributed by atoms with Crippen molar-refractivity contribution in [2.75, 3.05) is 13.2 Å². The molecular weight excluding hydrogens is 440 g/mol. The van der Waals surface area contributed by atoms with Crippen LogP contribution in [-0.2, 0) is 9.59 Å². The molecule has 34 heavy (non-hydrogen) atoms. The SMILES string of the molecule is CC.CC(C)C(NC(=O)CCC[C@@H](N)COc1cc(F)cc(F)c1)C(=O)NCC1=CCCC=C1. The van der Waals surface area contributed by atoms with E-state index in [1.165, 1.54) is 0 Å². The fourth-order valence-electron chi connectivity index (χ4n) is 3.30. The number of halogens is 2. The first-order valence-corrected chi connectivity index (χ1v) is 12.0. The summed E-state index contributed by atoms with van der Waals surface area (Å²) in [5.41, 5.74) is 7.04. The molecule has 190 valence electrons. The average molecular weight is 480 g/mol. The second-order valence-electron chi connectivity index (χ2n) is 8.33. The normalized spacial score (nSPS) is 14.4. The standard InChI is InChI=1S/C24H33F2N3O3.C2H6/c1-16(2)23(24(31)28-14-17-7-4-3-5-8-17)29-22(30)10-6-9-20(27)15-32-21-12-18(25)11-19(26)13-21;1-2/h4,7-8,11-13,16,20,23H,3,5-6,9-10,14-15,27H2,1-2H3,(H,28,31)(H,29,30);1-2H3/t20-,23?;/m1./s1. The van der Waals surface area contributed by atoms with Gasteiger partial charge in [-0.2, -0.15) is 0 Å². The molecule has 0 bridgehead atoms. The summed E-state index contributed by atoms with van der Waals surface area (Å²) in [5, 5.41) is 5.69. The number of amides is 2. The van der Waals surface area contributed by atoms with Crippen LogP contribution in [0.3, 0.4) is 0 Å². The Labute approximate surface area is 202 Å². The number of hydrogen-bond donors (Lipinski definition) is 3. The maximum atomic E-state index is 13.2. The van der Waals surface area contributed by atoms with E-state index in [0.29, 0.717) is 19.4 Å². The van der Waals surface area contributed by atoms with E-state index in [-0.39, 0.29) is 36.5 Å². The fraction of sp³-hybridized carbons (Fsp3) is 0.538. The summed E-state index contributed by atoms with van der Waals surface area (Å²) in [4.78, 5) is 24.9. The fourth-order valence-corrected chi connectivity index (χ4v) is 3.30. The minimum Gasteiger partial charge on any atom is -0.492 e. The van der Waals surface area contributed by atoms with Crippen LogP contribution < -0.4 is 21.1 Å². The van der Waals surface area contributed by atoms with Crippen LogP contribution in [0.2, 0.25) is 0 Å². The Bertz CT molecular complexity index is 820. The highest BCUT2D eigenvalue weighted by Crippen LogP contribution is 2.16. The molecule has 0 saturated carbocycles. The number of nitrogens with one attached hydrogen (secondary N) is 2. The Morgan fingerprint density at radius 3 is 2.38 bits per heavy atom. The number of benzene rings is 1. The number of allylic oxidation sites excluding steroid dienone is 2. The monoisotopic (exact) mass is 479 g/mol. The highest BCUT2D eigenvalue weighted by atomic mass is 19.1. The predicted molar refractivity (Wildman–Crippen MR) is 131 cm³/mol. The van der Waals surface area contributed by atoms with Gasteiger partial charge >= 0.3 is 0 Å². The molecular formula is C26H39F2N3O3. The summed E-state index contributed by atoms with van der Waals surface area (Å²) in [6, 6.07) is 1.93. The number of rotatable bonds is 12. The van der Waals surface area contributed by atoms with Crippen LogP contribution in [0.15, 0.2) is 42.0 Å². The number of ether oxygens (including phenoxy) is 1. The van der Waals surface area contributed by atoms with Crippen molar-refractivity contribution in [1.82, 2.24) is 10.6 Å². The van der Waals surface area contributed by atoms with Crippen molar-refractivity contribution in [3.05, 3.63) is 53.6 Å². The van der Waals surface area contributed by atoms with Crippen LogP contribution in [0.1, 0.15) is 59.8 Å². The molecule has 0 aliphatic heterocycles. The zero-order valence-electron chi connectivity index (χ0n) is 20.7. The zero-order valence-corrected chi connectivity index (χ0v) is 20.7. The van der Waals surface area contributed by atoms with Crippen LogP contribution in [0.25, 0.3) is 0 Å². The summed E-state index contributed by atoms with van der Waals surface area (Å²) in [5.74, 6) is -1.86. The molecule has 1 aliphatic rings. The van der Waals surface area contributed by atoms with E-state index < -0.39 is 23.7 Å². The van der Waals surface area contributed by atoms with E-state index >= 15 is 0 Å². The smallest absolute Gasteiger partial charge is 0.243 e. The second-order valence-corrected chi connectivity index (χ2v) is 8.33. The first kappa shape index (κ1) is 29.3. The lowest BCUT2D eigenvalue weighted by atomic mass is 10.0. The van der Waals surface area contributed by atoms with E-state index in [2.05, 4.69) is 22.8 Å². The van der Waals surface area contributed by atoms with Gasteiger partial charge in [0.2, 0.25) is 11.8 Å². The number of carbonyl (C=O) groups is 2. The van der Waals surface area contributed by atoms with Crippen molar-refractivity contribution in [1.29, 1.82) is 0 Å². The molecule has 0 spiro atoms. The molecule has 6 nitrogen and oxygen atoms in total. The number of hydrogen-bond acceptors (Lipinski definition) is 4. The zero-order chi connectivity index (χ0) is 25.5. The molecule has 0 saturated heterocycles. The summed E-state index contributed by atoms with van der Waals surface area (Å²) < 4.78 is 31.7. The van der Waals surface area contributed by atoms with E-state index in [9.17, 15) is 18.4 Å². The van der Waals surface area contributed by atoms with Gasteiger partial charge < -0.3 is 21.1 Å². The maximum absolute atomic E-state index is 13.2. The quantitative estimate of drug-likeness (QED) is 0.414. The Morgan fingerprint density at radius 1 is 1.12 bits per heavy atom. The minimum absolute atomic E-state index is 0.0582. The van der Waals surface area contributed by atoms with Crippen LogP contribution in [0.5, 0.6) is 5.75 Å². The van der Waals surface area contributed by atoms with Gasteiger partial charge in [-0.1, -0.05) is 45.9 Å². The second kappa shape index (κ2) is 16.0. The molecule has 8 heteroatoms. The third kappa shape index (κ3) is 11.4. The van der Waals surface area contributed by atoms with E-state index in [1.54, 1.807) is 0 Å². The third-order valence-electron chi connectivity index (χ3n) is 5.08. The third-order valence-corrected chi connectivity index (χ3v) is 5.08. The van der Waals surface area contributed by atoms with Gasteiger partial charge in [-0.15, -0.1) is 0 Å². The largest absolute Gasteiger partial charge is 0.492 e. The Balaban J connectivity index is 0.00000281. The molecule has 1 unspecified atom stereocenters. The molecule has 0 fully saturated rings. The van der Waals surface area contributed by atoms with Crippen molar-refractivity contribution in [2.24, 2.45) is 11.7 Å². The van der Waals surface area contributed by atoms with Crippen LogP contribution in [-0.4, -0.2) is 37.0 Å². The Morgan fingerprint density at radius 2 is 1.79 bits per heavy atom. The molecule has 2 rings (SSSR count). The average Bonchev–Trinajstić information content (AvgIpc) is 2.81. The van der Waals surface area contributed by atoms with Crippen molar-refractivity contribution < 1.29 is 23.1 Å². The van der Waals surface area contributed by atoms with Crippen molar-refractivity contribution in [3.63, 3.8) is 0 Å². The Kier molecular flexibility index (Phi) is 13.8. The van der Waals surface area contributed by atoms with Gasteiger partial charge in [0, 0.05) is 37.2 Å². The predicted octanol–water partition coefficient (Wildman–Crippen LogP) is 4.40. The summed E-state index contributed by atoms with van der Waals surface area (Å²) in [7, 11) is 0. The lowest BCUT2D eigenvalue weighted by molar-refractivity contribution is -0.130. The number of nitrogens with two attached hydrogens (primary N) is 1. The van der Waals surface area contributed by atoms with Crippen LogP contribution in [0, 0.1) is 17.6 Å². The molecule has 0 heterocycles. The lowest BCUT2D eigenvalue weighted by Crippen LogP contribution is -2.50. The van der Waals surface area contributed by atoms with Crippen LogP contribution >= 0.6 is 0 Å². The first-order chi connectivity index (χ1) is 16.2. The molecule has 2 amide bonds. The molecule has 1 aromatic carbocycles. The van der Waals surface area contributed by atoms with E-state index in [0.717, 1.165) is 36.6 Å².